The lowest BCUT2D eigenvalue weighted by Crippen LogP contribution is -2.33. The van der Waals surface area contributed by atoms with Crippen LogP contribution in [0.3, 0.4) is 0 Å². The van der Waals surface area contributed by atoms with Crippen molar-refractivity contribution < 1.29 is 27.4 Å². The lowest BCUT2D eigenvalue weighted by Gasteiger charge is -2.27. The lowest BCUT2D eigenvalue weighted by atomic mass is 10.0. The summed E-state index contributed by atoms with van der Waals surface area (Å²) in [4.78, 5) is 26.0. The van der Waals surface area contributed by atoms with Gasteiger partial charge in [-0.15, -0.1) is 0 Å². The monoisotopic (exact) mass is 493 g/mol. The van der Waals surface area contributed by atoms with E-state index in [1.165, 1.54) is 12.1 Å². The Balaban J connectivity index is 1.66. The molecule has 0 radical (unpaired) electrons. The summed E-state index contributed by atoms with van der Waals surface area (Å²) in [5, 5.41) is 0.259. The minimum atomic E-state index is -3.76. The number of ether oxygens (including phenoxy) is 3. The maximum atomic E-state index is 13.3. The van der Waals surface area contributed by atoms with Gasteiger partial charge in [-0.2, -0.15) is 0 Å². The molecular weight excluding hydrogens is 470 g/mol. The average Bonchev–Trinajstić information content (AvgIpc) is 3.51. The fourth-order valence-corrected chi connectivity index (χ4v) is 5.95. The molecule has 1 saturated heterocycles. The van der Waals surface area contributed by atoms with Crippen molar-refractivity contribution in [2.24, 2.45) is 5.92 Å². The number of pyridine rings is 1. The van der Waals surface area contributed by atoms with Crippen LogP contribution in [-0.2, 0) is 25.1 Å². The van der Waals surface area contributed by atoms with Crippen molar-refractivity contribution in [2.75, 3.05) is 19.8 Å². The van der Waals surface area contributed by atoms with Crippen LogP contribution in [0.2, 0.25) is 5.02 Å². The summed E-state index contributed by atoms with van der Waals surface area (Å²) in [6.45, 7) is 4.96. The Hall–Kier alpha value is -2.36. The number of halogens is 1. The molecule has 0 amide bonds. The molecule has 1 aromatic heterocycles. The van der Waals surface area contributed by atoms with Gasteiger partial charge < -0.3 is 18.8 Å². The van der Waals surface area contributed by atoms with E-state index >= 15 is 0 Å². The van der Waals surface area contributed by atoms with E-state index in [-0.39, 0.29) is 38.9 Å². The fraction of sp³-hybridized carbons (Fsp3) is 0.478. The first-order chi connectivity index (χ1) is 15.7. The summed E-state index contributed by atoms with van der Waals surface area (Å²) in [7, 11) is -3.76. The largest absolute Gasteiger partial charge is 0.492 e. The third-order valence-electron chi connectivity index (χ3n) is 5.94. The number of sulfone groups is 1. The van der Waals surface area contributed by atoms with Gasteiger partial charge in [0.1, 0.15) is 11.3 Å². The van der Waals surface area contributed by atoms with Crippen molar-refractivity contribution in [1.29, 1.82) is 0 Å². The Morgan fingerprint density at radius 2 is 1.97 bits per heavy atom. The predicted molar refractivity (Wildman–Crippen MR) is 121 cm³/mol. The molecule has 8 nitrogen and oxygen atoms in total. The maximum Gasteiger partial charge on any atom is 0.344 e. The third kappa shape index (κ3) is 4.06. The number of aromatic nitrogens is 1. The SMILES string of the molecule is CC(C)OC(=O)c1cc2c(n(C3CC3)c1=O)-c1cc(Cl)c(OCC3COC3)cc1S(=O)(=O)C2. The number of esters is 1. The van der Waals surface area contributed by atoms with Crippen LogP contribution in [0.5, 0.6) is 5.75 Å². The average molecular weight is 494 g/mol. The molecule has 3 aliphatic rings. The van der Waals surface area contributed by atoms with E-state index in [1.807, 2.05) is 0 Å². The summed E-state index contributed by atoms with van der Waals surface area (Å²) in [6.07, 6.45) is 1.14. The Kier molecular flexibility index (Phi) is 5.54. The van der Waals surface area contributed by atoms with Gasteiger partial charge in [-0.05, 0) is 44.4 Å². The first-order valence-corrected chi connectivity index (χ1v) is 13.0. The van der Waals surface area contributed by atoms with Crippen molar-refractivity contribution in [1.82, 2.24) is 4.57 Å². The number of carbonyl (C=O) groups is 1. The predicted octanol–water partition coefficient (Wildman–Crippen LogP) is 3.38. The molecule has 0 unspecified atom stereocenters. The van der Waals surface area contributed by atoms with E-state index in [4.69, 9.17) is 25.8 Å². The van der Waals surface area contributed by atoms with Gasteiger partial charge in [0, 0.05) is 23.6 Å². The molecule has 1 aliphatic carbocycles. The fourth-order valence-electron chi connectivity index (χ4n) is 4.17. The van der Waals surface area contributed by atoms with Gasteiger partial charge in [-0.3, -0.25) is 4.79 Å². The number of nitrogens with zero attached hydrogens (tertiary/aromatic N) is 1. The molecular formula is C23H24ClNO7S. The molecule has 3 heterocycles. The van der Waals surface area contributed by atoms with E-state index in [0.29, 0.717) is 36.6 Å². The lowest BCUT2D eigenvalue weighted by molar-refractivity contribution is -0.0508. The van der Waals surface area contributed by atoms with Crippen LogP contribution in [0.25, 0.3) is 11.3 Å². The molecule has 0 bridgehead atoms. The van der Waals surface area contributed by atoms with Crippen molar-refractivity contribution >= 4 is 27.4 Å². The highest BCUT2D eigenvalue weighted by Gasteiger charge is 2.38. The van der Waals surface area contributed by atoms with Gasteiger partial charge in [0.2, 0.25) is 0 Å². The topological polar surface area (TPSA) is 101 Å². The number of hydrogen-bond acceptors (Lipinski definition) is 7. The molecule has 2 aliphatic heterocycles. The number of carbonyl (C=O) groups excluding carboxylic acids is 1. The molecule has 33 heavy (non-hydrogen) atoms. The minimum absolute atomic E-state index is 0.0746. The summed E-state index contributed by atoms with van der Waals surface area (Å²) in [6, 6.07) is 4.25. The van der Waals surface area contributed by atoms with E-state index < -0.39 is 27.5 Å². The van der Waals surface area contributed by atoms with Crippen molar-refractivity contribution in [3.63, 3.8) is 0 Å². The van der Waals surface area contributed by atoms with Crippen LogP contribution in [0.1, 0.15) is 48.7 Å². The van der Waals surface area contributed by atoms with E-state index in [9.17, 15) is 18.0 Å². The van der Waals surface area contributed by atoms with Crippen LogP contribution in [0.15, 0.2) is 27.9 Å². The smallest absolute Gasteiger partial charge is 0.344 e. The summed E-state index contributed by atoms with van der Waals surface area (Å²) >= 11 is 6.48. The normalized spacial score (nSPS) is 18.9. The van der Waals surface area contributed by atoms with Crippen LogP contribution >= 0.6 is 11.6 Å². The van der Waals surface area contributed by atoms with Crippen LogP contribution in [-0.4, -0.2) is 44.9 Å². The summed E-state index contributed by atoms with van der Waals surface area (Å²) in [5.41, 5.74) is 0.610. The van der Waals surface area contributed by atoms with Gasteiger partial charge in [0.25, 0.3) is 5.56 Å². The van der Waals surface area contributed by atoms with E-state index in [2.05, 4.69) is 0 Å². The van der Waals surface area contributed by atoms with Gasteiger partial charge in [0.05, 0.1) is 47.3 Å². The van der Waals surface area contributed by atoms with Crippen LogP contribution in [0.4, 0.5) is 0 Å². The summed E-state index contributed by atoms with van der Waals surface area (Å²) in [5.74, 6) is -0.551. The summed E-state index contributed by atoms with van der Waals surface area (Å²) < 4.78 is 44.1. The number of benzene rings is 1. The quantitative estimate of drug-likeness (QED) is 0.568. The van der Waals surface area contributed by atoms with Crippen LogP contribution in [0, 0.1) is 5.92 Å². The standard InChI is InChI=1S/C23H24ClNO7S/c1-12(2)32-23(27)17-5-14-11-33(28,29)20-7-19(31-10-13-8-30-9-13)18(24)6-16(20)21(14)25(22(17)26)15-3-4-15/h5-7,12-13,15H,3-4,8-11H2,1-2H3. The van der Waals surface area contributed by atoms with E-state index in [0.717, 1.165) is 12.8 Å². The molecule has 2 fully saturated rings. The zero-order chi connectivity index (χ0) is 23.5. The van der Waals surface area contributed by atoms with Gasteiger partial charge in [0.15, 0.2) is 9.84 Å². The number of hydrogen-bond donors (Lipinski definition) is 0. The zero-order valence-corrected chi connectivity index (χ0v) is 19.9. The second kappa shape index (κ2) is 8.14. The van der Waals surface area contributed by atoms with Gasteiger partial charge in [-0.25, -0.2) is 13.2 Å². The second-order valence-corrected chi connectivity index (χ2v) is 11.4. The van der Waals surface area contributed by atoms with Crippen molar-refractivity contribution in [2.45, 2.75) is 49.5 Å². The Morgan fingerprint density at radius 1 is 1.24 bits per heavy atom. The molecule has 1 aromatic carbocycles. The number of fused-ring (bicyclic) bond motifs is 3. The first kappa shape index (κ1) is 22.4. The molecule has 176 valence electrons. The van der Waals surface area contributed by atoms with Crippen molar-refractivity contribution in [3.8, 4) is 17.0 Å². The highest BCUT2D eigenvalue weighted by Crippen LogP contribution is 2.46. The Bertz CT molecular complexity index is 1310. The highest BCUT2D eigenvalue weighted by molar-refractivity contribution is 7.90. The molecule has 10 heteroatoms. The zero-order valence-electron chi connectivity index (χ0n) is 18.3. The van der Waals surface area contributed by atoms with E-state index in [1.54, 1.807) is 24.5 Å². The van der Waals surface area contributed by atoms with Gasteiger partial charge >= 0.3 is 5.97 Å². The Morgan fingerprint density at radius 3 is 2.58 bits per heavy atom. The second-order valence-electron chi connectivity index (χ2n) is 9.04. The highest BCUT2D eigenvalue weighted by atomic mass is 35.5. The number of rotatable bonds is 6. The van der Waals surface area contributed by atoms with Crippen LogP contribution < -0.4 is 10.3 Å². The maximum absolute atomic E-state index is 13.3. The molecule has 2 aromatic rings. The first-order valence-electron chi connectivity index (χ1n) is 10.9. The molecule has 5 rings (SSSR count). The van der Waals surface area contributed by atoms with Gasteiger partial charge in [-0.1, -0.05) is 11.6 Å². The van der Waals surface area contributed by atoms with Crippen molar-refractivity contribution in [3.05, 3.63) is 44.7 Å². The molecule has 0 N–H and O–H groups in total. The Labute approximate surface area is 196 Å². The molecule has 0 atom stereocenters. The minimum Gasteiger partial charge on any atom is -0.492 e. The third-order valence-corrected chi connectivity index (χ3v) is 7.93. The molecule has 0 spiro atoms. The molecule has 1 saturated carbocycles.